The Labute approximate surface area is 109 Å². The molecule has 0 aliphatic rings. The lowest BCUT2D eigenvalue weighted by Crippen LogP contribution is -2.09. The Morgan fingerprint density at radius 3 is 2.73 bits per heavy atom. The van der Waals surface area contributed by atoms with Crippen LogP contribution < -0.4 is 5.73 Å². The van der Waals surface area contributed by atoms with Gasteiger partial charge in [-0.3, -0.25) is 0 Å². The molecule has 0 amide bonds. The van der Waals surface area contributed by atoms with Gasteiger partial charge < -0.3 is 10.8 Å². The van der Waals surface area contributed by atoms with Crippen LogP contribution in [0.4, 0.5) is 0 Å². The first-order chi connectivity index (χ1) is 6.57. The monoisotopic (exact) mass is 311 g/mol. The lowest BCUT2D eigenvalue weighted by molar-refractivity contribution is 0.458. The molecule has 15 heavy (non-hydrogen) atoms. The van der Waals surface area contributed by atoms with E-state index in [1.54, 1.807) is 18.2 Å². The van der Waals surface area contributed by atoms with E-state index in [-0.39, 0.29) is 24.2 Å². The van der Waals surface area contributed by atoms with Crippen LogP contribution in [0.3, 0.4) is 0 Å². The second-order valence-electron chi connectivity index (χ2n) is 2.93. The van der Waals surface area contributed by atoms with E-state index in [0.29, 0.717) is 21.5 Å². The highest BCUT2D eigenvalue weighted by Crippen LogP contribution is 2.37. The first-order valence-electron chi connectivity index (χ1n) is 4.11. The van der Waals surface area contributed by atoms with Crippen molar-refractivity contribution in [1.29, 1.82) is 0 Å². The molecule has 1 aromatic carbocycles. The maximum Gasteiger partial charge on any atom is 0.136 e. The number of benzene rings is 1. The molecule has 84 valence electrons. The zero-order valence-electron chi connectivity index (χ0n) is 7.91. The number of halogens is 3. The summed E-state index contributed by atoms with van der Waals surface area (Å²) in [5, 5.41) is 10.2. The standard InChI is InChI=1S/C10H11BrClNO.ClH/c1-2-3-8(13)6-4-5-7(12)9(11)10(6)14;/h2,4-5,8,14H,1,3,13H2;1H/t8-;/m0./s1. The Morgan fingerprint density at radius 1 is 1.60 bits per heavy atom. The van der Waals surface area contributed by atoms with E-state index in [0.717, 1.165) is 0 Å². The predicted molar refractivity (Wildman–Crippen MR) is 69.8 cm³/mol. The van der Waals surface area contributed by atoms with E-state index in [2.05, 4.69) is 22.5 Å². The van der Waals surface area contributed by atoms with Gasteiger partial charge in [0.25, 0.3) is 0 Å². The molecule has 0 aliphatic heterocycles. The van der Waals surface area contributed by atoms with Gasteiger partial charge in [-0.2, -0.15) is 0 Å². The minimum atomic E-state index is -0.249. The average Bonchev–Trinajstić information content (AvgIpc) is 2.15. The Kier molecular flexibility index (Phi) is 6.29. The van der Waals surface area contributed by atoms with Crippen molar-refractivity contribution in [3.05, 3.63) is 39.8 Å². The summed E-state index contributed by atoms with van der Waals surface area (Å²) in [6.07, 6.45) is 2.33. The molecule has 0 aromatic heterocycles. The van der Waals surface area contributed by atoms with Gasteiger partial charge in [-0.1, -0.05) is 23.7 Å². The first kappa shape index (κ1) is 14.8. The summed E-state index contributed by atoms with van der Waals surface area (Å²) in [4.78, 5) is 0. The predicted octanol–water partition coefficient (Wildman–Crippen LogP) is 3.81. The fraction of sp³-hybridized carbons (Fsp3) is 0.200. The molecule has 0 bridgehead atoms. The Morgan fingerprint density at radius 2 is 2.20 bits per heavy atom. The normalized spacial score (nSPS) is 11.7. The van der Waals surface area contributed by atoms with Crippen LogP contribution in [-0.4, -0.2) is 5.11 Å². The van der Waals surface area contributed by atoms with Crippen molar-refractivity contribution in [1.82, 2.24) is 0 Å². The van der Waals surface area contributed by atoms with E-state index in [1.165, 1.54) is 0 Å². The summed E-state index contributed by atoms with van der Waals surface area (Å²) in [6, 6.07) is 3.17. The third-order valence-corrected chi connectivity index (χ3v) is 3.27. The fourth-order valence-corrected chi connectivity index (χ4v) is 1.67. The van der Waals surface area contributed by atoms with E-state index >= 15 is 0 Å². The van der Waals surface area contributed by atoms with Crippen molar-refractivity contribution in [3.8, 4) is 5.75 Å². The van der Waals surface area contributed by atoms with Crippen LogP contribution in [0.1, 0.15) is 18.0 Å². The average molecular weight is 313 g/mol. The molecular formula is C10H12BrCl2NO. The lowest BCUT2D eigenvalue weighted by Gasteiger charge is -2.13. The van der Waals surface area contributed by atoms with Crippen molar-refractivity contribution in [3.63, 3.8) is 0 Å². The number of aromatic hydroxyl groups is 1. The molecule has 3 N–H and O–H groups in total. The molecule has 0 saturated carbocycles. The highest BCUT2D eigenvalue weighted by Gasteiger charge is 2.13. The van der Waals surface area contributed by atoms with Gasteiger partial charge in [0, 0.05) is 11.6 Å². The SMILES string of the molecule is C=CC[C@H](N)c1ccc(Cl)c(Br)c1O.Cl. The van der Waals surface area contributed by atoms with Gasteiger partial charge in [-0.15, -0.1) is 19.0 Å². The molecule has 0 aliphatic carbocycles. The Bertz CT molecular complexity index is 358. The number of phenolic OH excluding ortho intramolecular Hbond substituents is 1. The third kappa shape index (κ3) is 3.38. The molecule has 0 unspecified atom stereocenters. The topological polar surface area (TPSA) is 46.2 Å². The number of hydrogen-bond donors (Lipinski definition) is 2. The van der Waals surface area contributed by atoms with Crippen LogP contribution in [-0.2, 0) is 0 Å². The summed E-state index contributed by atoms with van der Waals surface area (Å²) >= 11 is 8.99. The molecule has 0 saturated heterocycles. The maximum absolute atomic E-state index is 9.73. The fourth-order valence-electron chi connectivity index (χ4n) is 1.16. The first-order valence-corrected chi connectivity index (χ1v) is 5.28. The quantitative estimate of drug-likeness (QED) is 0.834. The lowest BCUT2D eigenvalue weighted by atomic mass is 10.0. The number of rotatable bonds is 3. The van der Waals surface area contributed by atoms with Crippen LogP contribution in [0.5, 0.6) is 5.75 Å². The second kappa shape index (κ2) is 6.38. The van der Waals surface area contributed by atoms with Crippen molar-refractivity contribution in [2.45, 2.75) is 12.5 Å². The highest BCUT2D eigenvalue weighted by atomic mass is 79.9. The second-order valence-corrected chi connectivity index (χ2v) is 4.13. The third-order valence-electron chi connectivity index (χ3n) is 1.92. The molecule has 0 radical (unpaired) electrons. The largest absolute Gasteiger partial charge is 0.506 e. The van der Waals surface area contributed by atoms with Gasteiger partial charge in [-0.25, -0.2) is 0 Å². The molecule has 1 atom stereocenters. The minimum Gasteiger partial charge on any atom is -0.506 e. The van der Waals surface area contributed by atoms with Gasteiger partial charge >= 0.3 is 0 Å². The zero-order chi connectivity index (χ0) is 10.7. The van der Waals surface area contributed by atoms with Crippen LogP contribution in [0.25, 0.3) is 0 Å². The zero-order valence-corrected chi connectivity index (χ0v) is 11.1. The van der Waals surface area contributed by atoms with Crippen molar-refractivity contribution in [2.24, 2.45) is 5.73 Å². The van der Waals surface area contributed by atoms with Crippen LogP contribution in [0, 0.1) is 0 Å². The van der Waals surface area contributed by atoms with Crippen molar-refractivity contribution >= 4 is 39.9 Å². The molecule has 1 rings (SSSR count). The molecule has 1 aromatic rings. The molecule has 5 heteroatoms. The molecule has 0 heterocycles. The van der Waals surface area contributed by atoms with Gasteiger partial charge in [-0.05, 0) is 28.4 Å². The van der Waals surface area contributed by atoms with Crippen LogP contribution in [0.2, 0.25) is 5.02 Å². The van der Waals surface area contributed by atoms with Gasteiger partial charge in [0.05, 0.1) is 9.50 Å². The molecule has 0 fully saturated rings. The van der Waals surface area contributed by atoms with Crippen molar-refractivity contribution < 1.29 is 5.11 Å². The summed E-state index contributed by atoms with van der Waals surface area (Å²) < 4.78 is 0.483. The minimum absolute atomic E-state index is 0. The van der Waals surface area contributed by atoms with Gasteiger partial charge in [0.2, 0.25) is 0 Å². The Balaban J connectivity index is 0.00000196. The number of phenols is 1. The van der Waals surface area contributed by atoms with E-state index in [9.17, 15) is 5.11 Å². The van der Waals surface area contributed by atoms with Gasteiger partial charge in [0.1, 0.15) is 5.75 Å². The van der Waals surface area contributed by atoms with Crippen LogP contribution >= 0.6 is 39.9 Å². The molecule has 2 nitrogen and oxygen atoms in total. The van der Waals surface area contributed by atoms with Crippen LogP contribution in [0.15, 0.2) is 29.3 Å². The maximum atomic E-state index is 9.73. The molecular weight excluding hydrogens is 301 g/mol. The van der Waals surface area contributed by atoms with E-state index < -0.39 is 0 Å². The smallest absolute Gasteiger partial charge is 0.136 e. The van der Waals surface area contributed by atoms with E-state index in [1.807, 2.05) is 0 Å². The number of hydrogen-bond acceptors (Lipinski definition) is 2. The summed E-state index contributed by atoms with van der Waals surface area (Å²) in [6.45, 7) is 3.60. The summed E-state index contributed by atoms with van der Waals surface area (Å²) in [7, 11) is 0. The number of nitrogens with two attached hydrogens (primary N) is 1. The van der Waals surface area contributed by atoms with Crippen molar-refractivity contribution in [2.75, 3.05) is 0 Å². The van der Waals surface area contributed by atoms with E-state index in [4.69, 9.17) is 17.3 Å². The molecule has 0 spiro atoms. The highest BCUT2D eigenvalue weighted by molar-refractivity contribution is 9.10. The summed E-state index contributed by atoms with van der Waals surface area (Å²) in [5.74, 6) is 0.104. The Hall–Kier alpha value is -0.220. The summed E-state index contributed by atoms with van der Waals surface area (Å²) in [5.41, 5.74) is 6.50. The van der Waals surface area contributed by atoms with Gasteiger partial charge in [0.15, 0.2) is 0 Å².